The van der Waals surface area contributed by atoms with Gasteiger partial charge in [-0.25, -0.2) is 9.67 Å². The number of rotatable bonds is 4. The molecule has 0 aliphatic heterocycles. The zero-order valence-electron chi connectivity index (χ0n) is 8.62. The van der Waals surface area contributed by atoms with E-state index in [-0.39, 0.29) is 0 Å². The van der Waals surface area contributed by atoms with Gasteiger partial charge in [0.1, 0.15) is 18.9 Å². The quantitative estimate of drug-likeness (QED) is 0.886. The molecule has 4 nitrogen and oxygen atoms in total. The largest absolute Gasteiger partial charge is 0.372 e. The normalized spacial score (nSPS) is 12.6. The first-order valence-electron chi connectivity index (χ1n) is 5.02. The number of benzene rings is 1. The molecule has 0 aliphatic rings. The van der Waals surface area contributed by atoms with Crippen molar-refractivity contribution >= 4 is 11.6 Å². The number of hydrogen-bond donors (Lipinski definition) is 1. The summed E-state index contributed by atoms with van der Waals surface area (Å²) in [7, 11) is 0. The molecule has 1 aromatic heterocycles. The summed E-state index contributed by atoms with van der Waals surface area (Å²) in [6.07, 6.45) is 3.67. The van der Waals surface area contributed by atoms with Crippen LogP contribution in [-0.2, 0) is 6.42 Å². The highest BCUT2D eigenvalue weighted by molar-refractivity contribution is 6.30. The Morgan fingerprint density at radius 3 is 2.69 bits per heavy atom. The van der Waals surface area contributed by atoms with E-state index < -0.39 is 6.23 Å². The molecule has 16 heavy (non-hydrogen) atoms. The predicted molar refractivity (Wildman–Crippen MR) is 61.1 cm³/mol. The molecule has 0 amide bonds. The standard InChI is InChI=1S/C11H12ClN3O/c12-10-4-1-9(2-5-10)3-6-11(16)15-8-13-7-14-15/h1-2,4-5,7-8,11,16H,3,6H2. The Balaban J connectivity index is 1.90. The summed E-state index contributed by atoms with van der Waals surface area (Å²) >= 11 is 5.78. The molecule has 5 heteroatoms. The smallest absolute Gasteiger partial charge is 0.149 e. The van der Waals surface area contributed by atoms with E-state index in [1.54, 1.807) is 0 Å². The summed E-state index contributed by atoms with van der Waals surface area (Å²) < 4.78 is 1.44. The molecule has 0 aliphatic carbocycles. The topological polar surface area (TPSA) is 50.9 Å². The molecule has 1 atom stereocenters. The van der Waals surface area contributed by atoms with Gasteiger partial charge >= 0.3 is 0 Å². The molecule has 0 saturated heterocycles. The summed E-state index contributed by atoms with van der Waals surface area (Å²) in [6.45, 7) is 0. The zero-order valence-corrected chi connectivity index (χ0v) is 9.38. The lowest BCUT2D eigenvalue weighted by atomic mass is 10.1. The molecular weight excluding hydrogens is 226 g/mol. The van der Waals surface area contributed by atoms with E-state index in [4.69, 9.17) is 11.6 Å². The highest BCUT2D eigenvalue weighted by Crippen LogP contribution is 2.14. The van der Waals surface area contributed by atoms with Gasteiger partial charge in [-0.1, -0.05) is 23.7 Å². The lowest BCUT2D eigenvalue weighted by molar-refractivity contribution is 0.0815. The van der Waals surface area contributed by atoms with Gasteiger partial charge in [0, 0.05) is 5.02 Å². The van der Waals surface area contributed by atoms with Gasteiger partial charge in [0.05, 0.1) is 0 Å². The highest BCUT2D eigenvalue weighted by Gasteiger charge is 2.06. The molecule has 2 rings (SSSR count). The molecule has 0 bridgehead atoms. The number of hydrogen-bond acceptors (Lipinski definition) is 3. The van der Waals surface area contributed by atoms with Crippen LogP contribution in [0.25, 0.3) is 0 Å². The van der Waals surface area contributed by atoms with Crippen LogP contribution in [0.15, 0.2) is 36.9 Å². The minimum Gasteiger partial charge on any atom is -0.372 e. The number of aromatic nitrogens is 3. The van der Waals surface area contributed by atoms with E-state index in [0.717, 1.165) is 17.0 Å². The van der Waals surface area contributed by atoms with E-state index >= 15 is 0 Å². The zero-order chi connectivity index (χ0) is 11.4. The molecule has 84 valence electrons. The maximum absolute atomic E-state index is 9.76. The number of aryl methyl sites for hydroxylation is 1. The maximum Gasteiger partial charge on any atom is 0.149 e. The van der Waals surface area contributed by atoms with Gasteiger partial charge in [-0.15, -0.1) is 0 Å². The van der Waals surface area contributed by atoms with Crippen molar-refractivity contribution in [1.29, 1.82) is 0 Å². The second kappa shape index (κ2) is 5.09. The van der Waals surface area contributed by atoms with Crippen LogP contribution in [0.2, 0.25) is 5.02 Å². The summed E-state index contributed by atoms with van der Waals surface area (Å²) in [6, 6.07) is 7.60. The first-order chi connectivity index (χ1) is 7.75. The molecule has 0 spiro atoms. The van der Waals surface area contributed by atoms with Crippen molar-refractivity contribution < 1.29 is 5.11 Å². The second-order valence-corrected chi connectivity index (χ2v) is 3.96. The van der Waals surface area contributed by atoms with Crippen molar-refractivity contribution in [1.82, 2.24) is 14.8 Å². The lowest BCUT2D eigenvalue weighted by Gasteiger charge is -2.09. The number of aliphatic hydroxyl groups excluding tert-OH is 1. The van der Waals surface area contributed by atoms with Crippen molar-refractivity contribution in [3.05, 3.63) is 47.5 Å². The average Bonchev–Trinajstić information content (AvgIpc) is 2.81. The van der Waals surface area contributed by atoms with E-state index in [1.807, 2.05) is 24.3 Å². The van der Waals surface area contributed by atoms with Gasteiger partial charge < -0.3 is 5.11 Å². The third-order valence-corrected chi connectivity index (χ3v) is 2.60. The Morgan fingerprint density at radius 2 is 2.06 bits per heavy atom. The van der Waals surface area contributed by atoms with Gasteiger partial charge in [-0.2, -0.15) is 5.10 Å². The second-order valence-electron chi connectivity index (χ2n) is 3.52. The van der Waals surface area contributed by atoms with Crippen LogP contribution in [0.5, 0.6) is 0 Å². The van der Waals surface area contributed by atoms with Crippen LogP contribution in [0.4, 0.5) is 0 Å². The Morgan fingerprint density at radius 1 is 1.31 bits per heavy atom. The summed E-state index contributed by atoms with van der Waals surface area (Å²) in [5, 5.41) is 14.4. The third-order valence-electron chi connectivity index (χ3n) is 2.35. The molecular formula is C11H12ClN3O. The van der Waals surface area contributed by atoms with Gasteiger partial charge in [-0.3, -0.25) is 0 Å². The maximum atomic E-state index is 9.76. The van der Waals surface area contributed by atoms with Crippen LogP contribution in [0.3, 0.4) is 0 Å². The first-order valence-corrected chi connectivity index (χ1v) is 5.40. The van der Waals surface area contributed by atoms with Gasteiger partial charge in [-0.05, 0) is 30.5 Å². The van der Waals surface area contributed by atoms with Gasteiger partial charge in [0.2, 0.25) is 0 Å². The minimum absolute atomic E-state index is 0.602. The lowest BCUT2D eigenvalue weighted by Crippen LogP contribution is -2.09. The van der Waals surface area contributed by atoms with Crippen LogP contribution in [0, 0.1) is 0 Å². The molecule has 2 aromatic rings. The Bertz CT molecular complexity index is 427. The van der Waals surface area contributed by atoms with Crippen LogP contribution in [0.1, 0.15) is 18.2 Å². The number of aliphatic hydroxyl groups is 1. The fraction of sp³-hybridized carbons (Fsp3) is 0.273. The Kier molecular flexibility index (Phi) is 3.54. The monoisotopic (exact) mass is 237 g/mol. The Labute approximate surface area is 98.5 Å². The van der Waals surface area contributed by atoms with Crippen LogP contribution < -0.4 is 0 Å². The fourth-order valence-electron chi connectivity index (χ4n) is 1.45. The highest BCUT2D eigenvalue weighted by atomic mass is 35.5. The molecule has 0 fully saturated rings. The van der Waals surface area contributed by atoms with Gasteiger partial charge in [0.15, 0.2) is 0 Å². The van der Waals surface area contributed by atoms with Crippen molar-refractivity contribution in [2.24, 2.45) is 0 Å². The third kappa shape index (κ3) is 2.81. The van der Waals surface area contributed by atoms with E-state index in [0.29, 0.717) is 6.42 Å². The summed E-state index contributed by atoms with van der Waals surface area (Å²) in [4.78, 5) is 3.78. The average molecular weight is 238 g/mol. The molecule has 1 aromatic carbocycles. The van der Waals surface area contributed by atoms with Gasteiger partial charge in [0.25, 0.3) is 0 Å². The number of nitrogens with zero attached hydrogens (tertiary/aromatic N) is 3. The summed E-state index contributed by atoms with van der Waals surface area (Å²) in [5.41, 5.74) is 1.14. The molecule has 1 unspecified atom stereocenters. The Hall–Kier alpha value is -1.39. The molecule has 0 radical (unpaired) electrons. The summed E-state index contributed by atoms with van der Waals surface area (Å²) in [5.74, 6) is 0. The van der Waals surface area contributed by atoms with E-state index in [1.165, 1.54) is 17.3 Å². The minimum atomic E-state index is -0.627. The molecule has 1 heterocycles. The van der Waals surface area contributed by atoms with Crippen molar-refractivity contribution in [2.45, 2.75) is 19.1 Å². The number of halogens is 1. The van der Waals surface area contributed by atoms with Crippen molar-refractivity contribution in [2.75, 3.05) is 0 Å². The molecule has 0 saturated carbocycles. The van der Waals surface area contributed by atoms with Crippen molar-refractivity contribution in [3.8, 4) is 0 Å². The predicted octanol–water partition coefficient (Wildman–Crippen LogP) is 2.06. The first kappa shape index (κ1) is 11.1. The van der Waals surface area contributed by atoms with Crippen LogP contribution >= 0.6 is 11.6 Å². The fourth-order valence-corrected chi connectivity index (χ4v) is 1.58. The van der Waals surface area contributed by atoms with Crippen LogP contribution in [-0.4, -0.2) is 19.9 Å². The van der Waals surface area contributed by atoms with Crippen molar-refractivity contribution in [3.63, 3.8) is 0 Å². The van der Waals surface area contributed by atoms with E-state index in [2.05, 4.69) is 10.1 Å². The SMILES string of the molecule is OC(CCc1ccc(Cl)cc1)n1cncn1. The van der Waals surface area contributed by atoms with E-state index in [9.17, 15) is 5.11 Å². The molecule has 1 N–H and O–H groups in total.